The summed E-state index contributed by atoms with van der Waals surface area (Å²) in [6.45, 7) is 4.40. The van der Waals surface area contributed by atoms with Gasteiger partial charge in [0.25, 0.3) is 0 Å². The highest BCUT2D eigenvalue weighted by Gasteiger charge is 2.22. The van der Waals surface area contributed by atoms with Crippen molar-refractivity contribution >= 4 is 36.4 Å². The smallest absolute Gasteiger partial charge is 0.222 e. The highest BCUT2D eigenvalue weighted by molar-refractivity contribution is 5.85. The molecule has 24 heavy (non-hydrogen) atoms. The van der Waals surface area contributed by atoms with Crippen molar-refractivity contribution in [3.05, 3.63) is 24.3 Å². The first-order valence-corrected chi connectivity index (χ1v) is 8.27. The molecule has 0 aliphatic carbocycles. The maximum absolute atomic E-state index is 12.3. The van der Waals surface area contributed by atoms with E-state index in [0.717, 1.165) is 44.8 Å². The number of rotatable bonds is 4. The van der Waals surface area contributed by atoms with Crippen LogP contribution in [0, 0.1) is 0 Å². The van der Waals surface area contributed by atoms with Gasteiger partial charge >= 0.3 is 0 Å². The number of halogens is 2. The van der Waals surface area contributed by atoms with E-state index in [-0.39, 0.29) is 30.6 Å². The number of phenolic OH excluding ortho intramolecular Hbond substituents is 1. The van der Waals surface area contributed by atoms with E-state index in [2.05, 4.69) is 10.2 Å². The van der Waals surface area contributed by atoms with E-state index < -0.39 is 0 Å². The van der Waals surface area contributed by atoms with Gasteiger partial charge in [-0.1, -0.05) is 0 Å². The predicted molar refractivity (Wildman–Crippen MR) is 102 cm³/mol. The SMILES string of the molecule is Cl.Cl.O=C(CCC1CCCN1)N1CCN(c2ccc(O)cc2)CC1. The Morgan fingerprint density at radius 2 is 1.79 bits per heavy atom. The van der Waals surface area contributed by atoms with Crippen LogP contribution >= 0.6 is 24.8 Å². The monoisotopic (exact) mass is 375 g/mol. The van der Waals surface area contributed by atoms with E-state index in [1.54, 1.807) is 12.1 Å². The van der Waals surface area contributed by atoms with Crippen molar-refractivity contribution in [2.75, 3.05) is 37.6 Å². The van der Waals surface area contributed by atoms with Crippen LogP contribution in [0.25, 0.3) is 0 Å². The number of benzene rings is 1. The Hall–Kier alpha value is -1.17. The Morgan fingerprint density at radius 3 is 2.38 bits per heavy atom. The van der Waals surface area contributed by atoms with Crippen LogP contribution in [-0.2, 0) is 4.79 Å². The van der Waals surface area contributed by atoms with Crippen molar-refractivity contribution in [3.8, 4) is 5.75 Å². The zero-order valence-corrected chi connectivity index (χ0v) is 15.5. The molecule has 0 aromatic heterocycles. The summed E-state index contributed by atoms with van der Waals surface area (Å²) in [7, 11) is 0. The van der Waals surface area contributed by atoms with Crippen LogP contribution in [0.2, 0.25) is 0 Å². The number of phenols is 1. The molecule has 2 aliphatic rings. The summed E-state index contributed by atoms with van der Waals surface area (Å²) in [6, 6.07) is 7.82. The molecule has 2 fully saturated rings. The molecule has 1 atom stereocenters. The van der Waals surface area contributed by atoms with Gasteiger partial charge in [-0.3, -0.25) is 4.79 Å². The fourth-order valence-electron chi connectivity index (χ4n) is 3.34. The maximum atomic E-state index is 12.3. The summed E-state index contributed by atoms with van der Waals surface area (Å²) in [5.41, 5.74) is 1.11. The fraction of sp³-hybridized carbons (Fsp3) is 0.588. The molecule has 1 aromatic rings. The van der Waals surface area contributed by atoms with Crippen LogP contribution in [0.1, 0.15) is 25.7 Å². The van der Waals surface area contributed by atoms with Crippen molar-refractivity contribution in [3.63, 3.8) is 0 Å². The molecule has 0 radical (unpaired) electrons. The maximum Gasteiger partial charge on any atom is 0.222 e. The van der Waals surface area contributed by atoms with Gasteiger partial charge < -0.3 is 20.2 Å². The zero-order chi connectivity index (χ0) is 15.4. The molecule has 0 bridgehead atoms. The molecular formula is C17H27Cl2N3O2. The number of aromatic hydroxyl groups is 1. The Morgan fingerprint density at radius 1 is 1.12 bits per heavy atom. The molecule has 2 aliphatic heterocycles. The number of piperazine rings is 1. The Kier molecular flexibility index (Phi) is 8.67. The van der Waals surface area contributed by atoms with E-state index in [9.17, 15) is 9.90 Å². The first-order valence-electron chi connectivity index (χ1n) is 8.27. The zero-order valence-electron chi connectivity index (χ0n) is 13.8. The average Bonchev–Trinajstić information content (AvgIpc) is 3.07. The van der Waals surface area contributed by atoms with Gasteiger partial charge in [-0.05, 0) is 50.1 Å². The molecule has 1 aromatic carbocycles. The van der Waals surface area contributed by atoms with Crippen molar-refractivity contribution in [2.45, 2.75) is 31.7 Å². The number of nitrogens with one attached hydrogen (secondary N) is 1. The molecule has 3 rings (SSSR count). The van der Waals surface area contributed by atoms with E-state index in [1.165, 1.54) is 12.8 Å². The minimum absolute atomic E-state index is 0. The summed E-state index contributed by atoms with van der Waals surface area (Å²) < 4.78 is 0. The van der Waals surface area contributed by atoms with Crippen LogP contribution < -0.4 is 10.2 Å². The van der Waals surface area contributed by atoms with Crippen molar-refractivity contribution in [1.82, 2.24) is 10.2 Å². The molecular weight excluding hydrogens is 349 g/mol. The summed E-state index contributed by atoms with van der Waals surface area (Å²) in [5, 5.41) is 12.8. The molecule has 2 saturated heterocycles. The van der Waals surface area contributed by atoms with E-state index >= 15 is 0 Å². The second-order valence-corrected chi connectivity index (χ2v) is 6.22. The van der Waals surface area contributed by atoms with Crippen molar-refractivity contribution in [2.24, 2.45) is 0 Å². The van der Waals surface area contributed by atoms with Gasteiger partial charge in [-0.2, -0.15) is 0 Å². The van der Waals surface area contributed by atoms with Gasteiger partial charge in [-0.15, -0.1) is 24.8 Å². The van der Waals surface area contributed by atoms with Gasteiger partial charge in [-0.25, -0.2) is 0 Å². The van der Waals surface area contributed by atoms with E-state index in [4.69, 9.17) is 0 Å². The minimum Gasteiger partial charge on any atom is -0.508 e. The van der Waals surface area contributed by atoms with Gasteiger partial charge in [0, 0.05) is 44.3 Å². The summed E-state index contributed by atoms with van der Waals surface area (Å²) >= 11 is 0. The third kappa shape index (κ3) is 5.43. The van der Waals surface area contributed by atoms with Crippen LogP contribution in [0.3, 0.4) is 0 Å². The average molecular weight is 376 g/mol. The second-order valence-electron chi connectivity index (χ2n) is 6.22. The topological polar surface area (TPSA) is 55.8 Å². The highest BCUT2D eigenvalue weighted by atomic mass is 35.5. The van der Waals surface area contributed by atoms with Crippen molar-refractivity contribution in [1.29, 1.82) is 0 Å². The van der Waals surface area contributed by atoms with Crippen LogP contribution in [0.4, 0.5) is 5.69 Å². The number of carbonyl (C=O) groups is 1. The molecule has 1 unspecified atom stereocenters. The minimum atomic E-state index is 0. The molecule has 1 amide bonds. The first kappa shape index (κ1) is 20.9. The summed E-state index contributed by atoms with van der Waals surface area (Å²) in [4.78, 5) is 16.5. The molecule has 2 N–H and O–H groups in total. The Bertz CT molecular complexity index is 499. The number of anilines is 1. The quantitative estimate of drug-likeness (QED) is 0.848. The lowest BCUT2D eigenvalue weighted by Gasteiger charge is -2.36. The lowest BCUT2D eigenvalue weighted by molar-refractivity contribution is -0.131. The van der Waals surface area contributed by atoms with E-state index in [1.807, 2.05) is 17.0 Å². The summed E-state index contributed by atoms with van der Waals surface area (Å²) in [6.07, 6.45) is 4.08. The van der Waals surface area contributed by atoms with Gasteiger partial charge in [0.2, 0.25) is 5.91 Å². The molecule has 5 nitrogen and oxygen atoms in total. The number of hydrogen-bond acceptors (Lipinski definition) is 4. The number of amides is 1. The predicted octanol–water partition coefficient (Wildman–Crippen LogP) is 2.42. The summed E-state index contributed by atoms with van der Waals surface area (Å²) in [5.74, 6) is 0.581. The molecule has 0 saturated carbocycles. The fourth-order valence-corrected chi connectivity index (χ4v) is 3.34. The standard InChI is InChI=1S/C17H25N3O2.2ClH/c21-16-6-4-15(5-7-16)19-10-12-20(13-11-19)17(22)8-3-14-2-1-9-18-14;;/h4-7,14,18,21H,1-3,8-13H2;2*1H. The van der Waals surface area contributed by atoms with Gasteiger partial charge in [0.15, 0.2) is 0 Å². The number of hydrogen-bond donors (Lipinski definition) is 2. The lowest BCUT2D eigenvalue weighted by atomic mass is 10.1. The highest BCUT2D eigenvalue weighted by Crippen LogP contribution is 2.20. The molecule has 136 valence electrons. The molecule has 2 heterocycles. The second kappa shape index (κ2) is 9.97. The largest absolute Gasteiger partial charge is 0.508 e. The Labute approximate surface area is 156 Å². The van der Waals surface area contributed by atoms with Crippen molar-refractivity contribution < 1.29 is 9.90 Å². The van der Waals surface area contributed by atoms with Crippen LogP contribution in [0.5, 0.6) is 5.75 Å². The third-order valence-corrected chi connectivity index (χ3v) is 4.72. The number of nitrogens with zero attached hydrogens (tertiary/aromatic N) is 2. The van der Waals surface area contributed by atoms with Gasteiger partial charge in [0.1, 0.15) is 5.75 Å². The first-order chi connectivity index (χ1) is 10.7. The normalized spacial score (nSPS) is 20.2. The number of carbonyl (C=O) groups excluding carboxylic acids is 1. The molecule has 0 spiro atoms. The van der Waals surface area contributed by atoms with Crippen LogP contribution in [0.15, 0.2) is 24.3 Å². The van der Waals surface area contributed by atoms with Crippen LogP contribution in [-0.4, -0.2) is 54.7 Å². The van der Waals surface area contributed by atoms with E-state index in [0.29, 0.717) is 18.4 Å². The lowest BCUT2D eigenvalue weighted by Crippen LogP contribution is -2.49. The van der Waals surface area contributed by atoms with Gasteiger partial charge in [0.05, 0.1) is 0 Å². The molecule has 7 heteroatoms. The Balaban J connectivity index is 0.00000144. The third-order valence-electron chi connectivity index (χ3n) is 4.72.